The Morgan fingerprint density at radius 1 is 1.39 bits per heavy atom. The molecule has 1 aliphatic rings. The van der Waals surface area contributed by atoms with Crippen LogP contribution in [0.15, 0.2) is 12.1 Å². The lowest BCUT2D eigenvalue weighted by Crippen LogP contribution is -2.27. The van der Waals surface area contributed by atoms with Crippen molar-refractivity contribution in [2.45, 2.75) is 6.42 Å². The molecule has 1 heterocycles. The number of ether oxygens (including phenoxy) is 1. The van der Waals surface area contributed by atoms with Gasteiger partial charge in [-0.15, -0.1) is 0 Å². The molecule has 5 heteroatoms. The summed E-state index contributed by atoms with van der Waals surface area (Å²) < 4.78 is 5.59. The van der Waals surface area contributed by atoms with Crippen LogP contribution in [0.5, 0.6) is 5.75 Å². The van der Waals surface area contributed by atoms with Gasteiger partial charge in [-0.3, -0.25) is 4.79 Å². The second-order valence-corrected chi connectivity index (χ2v) is 5.48. The number of rotatable bonds is 2. The van der Waals surface area contributed by atoms with E-state index in [1.165, 1.54) is 0 Å². The average molecular weight is 288 g/mol. The summed E-state index contributed by atoms with van der Waals surface area (Å²) in [5, 5.41) is 0.738. The maximum absolute atomic E-state index is 12.4. The van der Waals surface area contributed by atoms with Gasteiger partial charge in [0.15, 0.2) is 5.78 Å². The molecule has 0 N–H and O–H groups in total. The van der Waals surface area contributed by atoms with Crippen molar-refractivity contribution in [1.82, 2.24) is 4.90 Å². The molecule has 1 unspecified atom stereocenters. The Hall–Kier alpha value is -0.770. The lowest BCUT2D eigenvalue weighted by molar-refractivity contribution is 0.0891. The predicted molar refractivity (Wildman–Crippen MR) is 72.9 cm³/mol. The van der Waals surface area contributed by atoms with Crippen LogP contribution >= 0.6 is 23.2 Å². The SMILES string of the molecule is CN(C)CC1CCOc2c(ccc(Cl)c2Cl)C1=O. The van der Waals surface area contributed by atoms with Gasteiger partial charge in [0.25, 0.3) is 0 Å². The Bertz CT molecular complexity index is 474. The van der Waals surface area contributed by atoms with Crippen LogP contribution in [0.4, 0.5) is 0 Å². The molecule has 0 saturated heterocycles. The first-order valence-electron chi connectivity index (χ1n) is 5.80. The number of Topliss-reactive ketones (excluding diaryl/α,β-unsaturated/α-hetero) is 1. The Kier molecular flexibility index (Phi) is 4.15. The Balaban J connectivity index is 2.38. The normalized spacial score (nSPS) is 19.4. The van der Waals surface area contributed by atoms with E-state index in [9.17, 15) is 4.79 Å². The molecule has 0 radical (unpaired) electrons. The molecular weight excluding hydrogens is 273 g/mol. The molecule has 0 fully saturated rings. The van der Waals surface area contributed by atoms with Gasteiger partial charge in [0.2, 0.25) is 0 Å². The molecule has 0 amide bonds. The average Bonchev–Trinajstić information content (AvgIpc) is 2.45. The molecule has 18 heavy (non-hydrogen) atoms. The van der Waals surface area contributed by atoms with Crippen molar-refractivity contribution in [3.63, 3.8) is 0 Å². The standard InChI is InChI=1S/C13H15Cl2NO2/c1-16(2)7-8-5-6-18-13-9(12(8)17)3-4-10(14)11(13)15/h3-4,8H,5-7H2,1-2H3. The highest BCUT2D eigenvalue weighted by molar-refractivity contribution is 6.43. The zero-order chi connectivity index (χ0) is 13.3. The third-order valence-corrected chi connectivity index (χ3v) is 3.77. The fraction of sp³-hybridized carbons (Fsp3) is 0.462. The molecular formula is C13H15Cl2NO2. The molecule has 1 aliphatic heterocycles. The molecule has 2 rings (SSSR count). The summed E-state index contributed by atoms with van der Waals surface area (Å²) >= 11 is 12.0. The van der Waals surface area contributed by atoms with Gasteiger partial charge in [0, 0.05) is 12.5 Å². The van der Waals surface area contributed by atoms with E-state index in [-0.39, 0.29) is 11.7 Å². The van der Waals surface area contributed by atoms with Crippen LogP contribution in [0.2, 0.25) is 10.0 Å². The Labute approximate surface area is 117 Å². The predicted octanol–water partition coefficient (Wildman–Crippen LogP) is 3.14. The zero-order valence-electron chi connectivity index (χ0n) is 10.4. The first-order valence-corrected chi connectivity index (χ1v) is 6.56. The number of benzene rings is 1. The van der Waals surface area contributed by atoms with E-state index in [0.29, 0.717) is 40.9 Å². The number of ketones is 1. The minimum atomic E-state index is -0.0570. The van der Waals surface area contributed by atoms with E-state index >= 15 is 0 Å². The van der Waals surface area contributed by atoms with E-state index < -0.39 is 0 Å². The fourth-order valence-corrected chi connectivity index (χ4v) is 2.50. The highest BCUT2D eigenvalue weighted by Gasteiger charge is 2.28. The highest BCUT2D eigenvalue weighted by Crippen LogP contribution is 2.38. The zero-order valence-corrected chi connectivity index (χ0v) is 11.9. The number of carbonyl (C=O) groups excluding carboxylic acids is 1. The van der Waals surface area contributed by atoms with Gasteiger partial charge < -0.3 is 9.64 Å². The molecule has 3 nitrogen and oxygen atoms in total. The molecule has 0 aromatic heterocycles. The van der Waals surface area contributed by atoms with Crippen molar-refractivity contribution in [3.05, 3.63) is 27.7 Å². The van der Waals surface area contributed by atoms with Crippen molar-refractivity contribution < 1.29 is 9.53 Å². The third kappa shape index (κ3) is 2.63. The maximum Gasteiger partial charge on any atom is 0.171 e. The number of carbonyl (C=O) groups is 1. The van der Waals surface area contributed by atoms with E-state index in [0.717, 1.165) is 0 Å². The first kappa shape index (κ1) is 13.7. The summed E-state index contributed by atoms with van der Waals surface area (Å²) in [5.41, 5.74) is 0.536. The summed E-state index contributed by atoms with van der Waals surface area (Å²) in [5.74, 6) is 0.448. The first-order chi connectivity index (χ1) is 8.50. The van der Waals surface area contributed by atoms with Crippen molar-refractivity contribution in [2.24, 2.45) is 5.92 Å². The number of hydrogen-bond donors (Lipinski definition) is 0. The van der Waals surface area contributed by atoms with Gasteiger partial charge in [0.1, 0.15) is 10.8 Å². The molecule has 0 aliphatic carbocycles. The minimum absolute atomic E-state index is 0.0570. The molecule has 1 atom stereocenters. The van der Waals surface area contributed by atoms with Crippen LogP contribution in [0, 0.1) is 5.92 Å². The molecule has 1 aromatic rings. The lowest BCUT2D eigenvalue weighted by atomic mass is 9.95. The van der Waals surface area contributed by atoms with E-state index in [1.54, 1.807) is 12.1 Å². The van der Waals surface area contributed by atoms with E-state index in [1.807, 2.05) is 19.0 Å². The van der Waals surface area contributed by atoms with E-state index in [4.69, 9.17) is 27.9 Å². The van der Waals surface area contributed by atoms with Gasteiger partial charge >= 0.3 is 0 Å². The second-order valence-electron chi connectivity index (χ2n) is 4.70. The Morgan fingerprint density at radius 2 is 2.11 bits per heavy atom. The van der Waals surface area contributed by atoms with E-state index in [2.05, 4.69) is 0 Å². The summed E-state index contributed by atoms with van der Waals surface area (Å²) in [4.78, 5) is 14.4. The van der Waals surface area contributed by atoms with Crippen LogP contribution in [0.25, 0.3) is 0 Å². The Morgan fingerprint density at radius 3 is 2.78 bits per heavy atom. The highest BCUT2D eigenvalue weighted by atomic mass is 35.5. The van der Waals surface area contributed by atoms with Crippen LogP contribution in [0.1, 0.15) is 16.8 Å². The largest absolute Gasteiger partial charge is 0.491 e. The quantitative estimate of drug-likeness (QED) is 0.837. The monoisotopic (exact) mass is 287 g/mol. The molecule has 0 bridgehead atoms. The molecule has 1 aromatic carbocycles. The van der Waals surface area contributed by atoms with Crippen molar-refractivity contribution >= 4 is 29.0 Å². The maximum atomic E-state index is 12.4. The number of fused-ring (bicyclic) bond motifs is 1. The lowest BCUT2D eigenvalue weighted by Gasteiger charge is -2.17. The van der Waals surface area contributed by atoms with Gasteiger partial charge in [0.05, 0.1) is 17.2 Å². The van der Waals surface area contributed by atoms with Crippen molar-refractivity contribution in [2.75, 3.05) is 27.2 Å². The number of nitrogens with zero attached hydrogens (tertiary/aromatic N) is 1. The fourth-order valence-electron chi connectivity index (χ4n) is 2.14. The van der Waals surface area contributed by atoms with Gasteiger partial charge in [-0.1, -0.05) is 23.2 Å². The van der Waals surface area contributed by atoms with Gasteiger partial charge in [-0.25, -0.2) is 0 Å². The summed E-state index contributed by atoms with van der Waals surface area (Å²) in [7, 11) is 3.91. The number of hydrogen-bond acceptors (Lipinski definition) is 3. The summed E-state index contributed by atoms with van der Waals surface area (Å²) in [6, 6.07) is 3.34. The van der Waals surface area contributed by atoms with Crippen molar-refractivity contribution in [3.8, 4) is 5.75 Å². The van der Waals surface area contributed by atoms with Crippen LogP contribution < -0.4 is 4.74 Å². The molecule has 0 spiro atoms. The van der Waals surface area contributed by atoms with Crippen LogP contribution in [-0.4, -0.2) is 37.9 Å². The number of halogens is 2. The summed E-state index contributed by atoms with van der Waals surface area (Å²) in [6.45, 7) is 1.19. The van der Waals surface area contributed by atoms with Gasteiger partial charge in [-0.05, 0) is 32.6 Å². The molecule has 0 saturated carbocycles. The smallest absolute Gasteiger partial charge is 0.171 e. The van der Waals surface area contributed by atoms with Crippen LogP contribution in [-0.2, 0) is 0 Å². The van der Waals surface area contributed by atoms with Crippen LogP contribution in [0.3, 0.4) is 0 Å². The summed E-state index contributed by atoms with van der Waals surface area (Å²) in [6.07, 6.45) is 0.694. The van der Waals surface area contributed by atoms with Crippen molar-refractivity contribution in [1.29, 1.82) is 0 Å². The topological polar surface area (TPSA) is 29.5 Å². The minimum Gasteiger partial charge on any atom is -0.491 e. The molecule has 98 valence electrons. The third-order valence-electron chi connectivity index (χ3n) is 2.98. The second kappa shape index (κ2) is 5.47. The van der Waals surface area contributed by atoms with Gasteiger partial charge in [-0.2, -0.15) is 0 Å².